The second-order valence-electron chi connectivity index (χ2n) is 4.94. The van der Waals surface area contributed by atoms with Crippen molar-refractivity contribution in [3.05, 3.63) is 22.8 Å². The Balaban J connectivity index is 2.15. The summed E-state index contributed by atoms with van der Waals surface area (Å²) < 4.78 is 0. The third-order valence-electron chi connectivity index (χ3n) is 3.57. The Bertz CT molecular complexity index is 410. The van der Waals surface area contributed by atoms with E-state index in [9.17, 15) is 0 Å². The van der Waals surface area contributed by atoms with Crippen LogP contribution in [0, 0.1) is 0 Å². The molecule has 0 spiro atoms. The first kappa shape index (κ1) is 13.6. The smallest absolute Gasteiger partial charge is 0.129 e. The molecule has 0 saturated carbocycles. The molecule has 4 nitrogen and oxygen atoms in total. The van der Waals surface area contributed by atoms with Crippen LogP contribution in [-0.4, -0.2) is 49.7 Å². The fourth-order valence-electron chi connectivity index (χ4n) is 2.22. The quantitative estimate of drug-likeness (QED) is 0.902. The van der Waals surface area contributed by atoms with Crippen LogP contribution in [-0.2, 0) is 6.54 Å². The van der Waals surface area contributed by atoms with Crippen molar-refractivity contribution in [1.29, 1.82) is 0 Å². The molecule has 1 aromatic heterocycles. The van der Waals surface area contributed by atoms with Crippen molar-refractivity contribution < 1.29 is 0 Å². The number of rotatable bonds is 3. The highest BCUT2D eigenvalue weighted by molar-refractivity contribution is 6.31. The van der Waals surface area contributed by atoms with Gasteiger partial charge < -0.3 is 15.1 Å². The van der Waals surface area contributed by atoms with Crippen molar-refractivity contribution in [2.75, 3.05) is 38.6 Å². The highest BCUT2D eigenvalue weighted by Gasteiger charge is 2.21. The number of piperazine rings is 1. The van der Waals surface area contributed by atoms with E-state index < -0.39 is 0 Å². The summed E-state index contributed by atoms with van der Waals surface area (Å²) in [6.45, 7) is 6.14. The fraction of sp³-hybridized carbons (Fsp3) is 0.615. The lowest BCUT2D eigenvalue weighted by atomic mass is 10.2. The predicted molar refractivity (Wildman–Crippen MR) is 76.3 cm³/mol. The summed E-state index contributed by atoms with van der Waals surface area (Å²) in [6, 6.07) is 2.65. The normalized spacial score (nSPS) is 21.3. The summed E-state index contributed by atoms with van der Waals surface area (Å²) in [7, 11) is 4.10. The molecule has 2 heterocycles. The monoisotopic (exact) mass is 268 g/mol. The summed E-state index contributed by atoms with van der Waals surface area (Å²) >= 11 is 6.14. The second-order valence-corrected chi connectivity index (χ2v) is 5.35. The van der Waals surface area contributed by atoms with Crippen LogP contribution in [0.1, 0.15) is 12.5 Å². The minimum atomic E-state index is 0.559. The SMILES string of the molecule is CNCc1cc(N2CCN(C)C(C)C2)ncc1Cl. The van der Waals surface area contributed by atoms with Crippen molar-refractivity contribution in [3.63, 3.8) is 0 Å². The Hall–Kier alpha value is -0.840. The number of halogens is 1. The number of aromatic nitrogens is 1. The molecule has 18 heavy (non-hydrogen) atoms. The molecule has 1 atom stereocenters. The zero-order valence-corrected chi connectivity index (χ0v) is 12.0. The van der Waals surface area contributed by atoms with Gasteiger partial charge in [-0.3, -0.25) is 0 Å². The van der Waals surface area contributed by atoms with Gasteiger partial charge in [0, 0.05) is 38.4 Å². The molecule has 5 heteroatoms. The lowest BCUT2D eigenvalue weighted by Gasteiger charge is -2.38. The van der Waals surface area contributed by atoms with Gasteiger partial charge in [-0.25, -0.2) is 4.98 Å². The van der Waals surface area contributed by atoms with E-state index in [2.05, 4.69) is 40.1 Å². The maximum atomic E-state index is 6.14. The van der Waals surface area contributed by atoms with Gasteiger partial charge in [0.1, 0.15) is 5.82 Å². The average Bonchev–Trinajstić information content (AvgIpc) is 2.36. The van der Waals surface area contributed by atoms with Gasteiger partial charge in [0.15, 0.2) is 0 Å². The van der Waals surface area contributed by atoms with E-state index in [-0.39, 0.29) is 0 Å². The Morgan fingerprint density at radius 3 is 2.94 bits per heavy atom. The van der Waals surface area contributed by atoms with Crippen LogP contribution >= 0.6 is 11.6 Å². The second kappa shape index (κ2) is 5.87. The van der Waals surface area contributed by atoms with Crippen molar-refractivity contribution in [3.8, 4) is 0 Å². The minimum Gasteiger partial charge on any atom is -0.354 e. The van der Waals surface area contributed by atoms with Crippen LogP contribution in [0.2, 0.25) is 5.02 Å². The number of likely N-dealkylation sites (N-methyl/N-ethyl adjacent to an activating group) is 1. The molecule has 1 saturated heterocycles. The summed E-state index contributed by atoms with van der Waals surface area (Å²) in [6.07, 6.45) is 1.76. The van der Waals surface area contributed by atoms with Crippen molar-refractivity contribution in [2.45, 2.75) is 19.5 Å². The standard InChI is InChI=1S/C13H21ClN4/c1-10-9-18(5-4-17(10)3)13-6-11(7-15-2)12(14)8-16-13/h6,8,10,15H,4-5,7,9H2,1-3H3. The summed E-state index contributed by atoms with van der Waals surface area (Å²) in [5, 5.41) is 3.86. The average molecular weight is 269 g/mol. The van der Waals surface area contributed by atoms with Crippen LogP contribution in [0.5, 0.6) is 0 Å². The largest absolute Gasteiger partial charge is 0.354 e. The van der Waals surface area contributed by atoms with E-state index in [1.54, 1.807) is 6.20 Å². The van der Waals surface area contributed by atoms with Gasteiger partial charge in [-0.05, 0) is 32.6 Å². The Morgan fingerprint density at radius 1 is 1.50 bits per heavy atom. The highest BCUT2D eigenvalue weighted by atomic mass is 35.5. The molecule has 0 bridgehead atoms. The topological polar surface area (TPSA) is 31.4 Å². The Morgan fingerprint density at radius 2 is 2.28 bits per heavy atom. The molecule has 2 rings (SSSR count). The summed E-state index contributed by atoms with van der Waals surface area (Å²) in [5.74, 6) is 1.03. The van der Waals surface area contributed by atoms with Gasteiger partial charge in [-0.1, -0.05) is 11.6 Å². The Labute approximate surface area is 114 Å². The van der Waals surface area contributed by atoms with Crippen LogP contribution in [0.15, 0.2) is 12.3 Å². The van der Waals surface area contributed by atoms with Crippen LogP contribution in [0.3, 0.4) is 0 Å². The first-order chi connectivity index (χ1) is 8.61. The molecule has 1 fully saturated rings. The molecular weight excluding hydrogens is 248 g/mol. The van der Waals surface area contributed by atoms with Crippen LogP contribution < -0.4 is 10.2 Å². The van der Waals surface area contributed by atoms with E-state index >= 15 is 0 Å². The van der Waals surface area contributed by atoms with Gasteiger partial charge in [0.25, 0.3) is 0 Å². The van der Waals surface area contributed by atoms with Gasteiger partial charge in [0.2, 0.25) is 0 Å². The van der Waals surface area contributed by atoms with E-state index in [1.165, 1.54) is 0 Å². The molecule has 0 amide bonds. The molecule has 1 aliphatic heterocycles. The maximum absolute atomic E-state index is 6.14. The number of nitrogens with zero attached hydrogens (tertiary/aromatic N) is 3. The van der Waals surface area contributed by atoms with E-state index in [1.807, 2.05) is 7.05 Å². The molecule has 1 aromatic rings. The lowest BCUT2D eigenvalue weighted by molar-refractivity contribution is 0.233. The third kappa shape index (κ3) is 2.94. The molecule has 0 radical (unpaired) electrons. The van der Waals surface area contributed by atoms with E-state index in [4.69, 9.17) is 11.6 Å². The van der Waals surface area contributed by atoms with Crippen LogP contribution in [0.25, 0.3) is 0 Å². The minimum absolute atomic E-state index is 0.559. The van der Waals surface area contributed by atoms with Crippen LogP contribution in [0.4, 0.5) is 5.82 Å². The molecule has 0 aliphatic carbocycles. The van der Waals surface area contributed by atoms with Gasteiger partial charge in [-0.15, -0.1) is 0 Å². The molecule has 1 N–H and O–H groups in total. The molecule has 1 aliphatic rings. The molecule has 0 aromatic carbocycles. The fourth-order valence-corrected chi connectivity index (χ4v) is 2.39. The highest BCUT2D eigenvalue weighted by Crippen LogP contribution is 2.22. The van der Waals surface area contributed by atoms with Gasteiger partial charge in [0.05, 0.1) is 5.02 Å². The zero-order valence-electron chi connectivity index (χ0n) is 11.3. The Kier molecular flexibility index (Phi) is 4.43. The zero-order chi connectivity index (χ0) is 13.1. The van der Waals surface area contributed by atoms with Crippen molar-refractivity contribution >= 4 is 17.4 Å². The summed E-state index contributed by atoms with van der Waals surface area (Å²) in [5.41, 5.74) is 1.11. The van der Waals surface area contributed by atoms with Gasteiger partial charge in [-0.2, -0.15) is 0 Å². The number of hydrogen-bond donors (Lipinski definition) is 1. The molecular formula is C13H21ClN4. The molecule has 1 unspecified atom stereocenters. The summed E-state index contributed by atoms with van der Waals surface area (Å²) in [4.78, 5) is 9.16. The van der Waals surface area contributed by atoms with Crippen molar-refractivity contribution in [2.24, 2.45) is 0 Å². The number of nitrogens with one attached hydrogen (secondary N) is 1. The van der Waals surface area contributed by atoms with E-state index in [0.717, 1.165) is 42.6 Å². The molecule has 100 valence electrons. The predicted octanol–water partition coefficient (Wildman–Crippen LogP) is 1.59. The first-order valence-electron chi connectivity index (χ1n) is 6.36. The van der Waals surface area contributed by atoms with E-state index in [0.29, 0.717) is 6.04 Å². The lowest BCUT2D eigenvalue weighted by Crippen LogP contribution is -2.50. The van der Waals surface area contributed by atoms with Crippen molar-refractivity contribution in [1.82, 2.24) is 15.2 Å². The maximum Gasteiger partial charge on any atom is 0.129 e. The number of pyridine rings is 1. The number of hydrogen-bond acceptors (Lipinski definition) is 4. The van der Waals surface area contributed by atoms with Gasteiger partial charge >= 0.3 is 0 Å². The first-order valence-corrected chi connectivity index (χ1v) is 6.74. The third-order valence-corrected chi connectivity index (χ3v) is 3.91. The number of anilines is 1.